The molecular formula is C22H19N3O4S. The number of aromatic nitrogens is 3. The van der Waals surface area contributed by atoms with E-state index < -0.39 is 0 Å². The van der Waals surface area contributed by atoms with E-state index in [2.05, 4.69) is 16.7 Å². The van der Waals surface area contributed by atoms with Crippen LogP contribution in [0.25, 0.3) is 22.4 Å². The van der Waals surface area contributed by atoms with Crippen LogP contribution in [-0.2, 0) is 0 Å². The van der Waals surface area contributed by atoms with Crippen LogP contribution in [0.4, 0.5) is 0 Å². The van der Waals surface area contributed by atoms with Gasteiger partial charge in [-0.2, -0.15) is 9.50 Å². The van der Waals surface area contributed by atoms with Crippen molar-refractivity contribution >= 4 is 22.4 Å². The van der Waals surface area contributed by atoms with Gasteiger partial charge in [0.05, 0.1) is 18.8 Å². The number of rotatable bonds is 7. The fraction of sp³-hybridized carbons (Fsp3) is 0.136. The summed E-state index contributed by atoms with van der Waals surface area (Å²) in [5, 5.41) is 4.38. The predicted molar refractivity (Wildman–Crippen MR) is 117 cm³/mol. The molecule has 4 aromatic rings. The van der Waals surface area contributed by atoms with E-state index in [9.17, 15) is 4.79 Å². The molecule has 0 fully saturated rings. The average molecular weight is 421 g/mol. The molecule has 0 aliphatic carbocycles. The van der Waals surface area contributed by atoms with Gasteiger partial charge in [0, 0.05) is 17.2 Å². The molecule has 2 heterocycles. The smallest absolute Gasteiger partial charge is 0.291 e. The van der Waals surface area contributed by atoms with E-state index in [0.29, 0.717) is 33.4 Å². The molecule has 0 saturated heterocycles. The molecule has 0 saturated carbocycles. The maximum atomic E-state index is 12.8. The highest BCUT2D eigenvalue weighted by Crippen LogP contribution is 2.25. The number of benzene rings is 2. The lowest BCUT2D eigenvalue weighted by Gasteiger charge is -2.06. The first-order valence-electron chi connectivity index (χ1n) is 9.10. The quantitative estimate of drug-likeness (QED) is 0.427. The van der Waals surface area contributed by atoms with Crippen LogP contribution in [0.1, 0.15) is 5.56 Å². The first kappa shape index (κ1) is 19.7. The van der Waals surface area contributed by atoms with Crippen LogP contribution in [0.5, 0.6) is 17.2 Å². The molecule has 4 rings (SSSR count). The van der Waals surface area contributed by atoms with Crippen molar-refractivity contribution in [3.8, 4) is 28.6 Å². The minimum atomic E-state index is -0.224. The van der Waals surface area contributed by atoms with Crippen LogP contribution in [0, 0.1) is 0 Å². The lowest BCUT2D eigenvalue weighted by atomic mass is 10.2. The van der Waals surface area contributed by atoms with Gasteiger partial charge in [0.25, 0.3) is 5.56 Å². The molecule has 0 bridgehead atoms. The van der Waals surface area contributed by atoms with Crippen molar-refractivity contribution in [1.82, 2.24) is 14.6 Å². The number of methoxy groups -OCH3 is 2. The Kier molecular flexibility index (Phi) is 5.49. The second-order valence-electron chi connectivity index (χ2n) is 6.28. The van der Waals surface area contributed by atoms with E-state index in [0.717, 1.165) is 16.9 Å². The van der Waals surface area contributed by atoms with Gasteiger partial charge >= 0.3 is 0 Å². The maximum absolute atomic E-state index is 12.8. The van der Waals surface area contributed by atoms with Gasteiger partial charge in [-0.3, -0.25) is 4.79 Å². The zero-order valence-electron chi connectivity index (χ0n) is 16.5. The standard InChI is InChI=1S/C22H19N3O4S/c1-4-11-29-16-8-5-14(6-9-16)20-23-22-25(24-20)21(26)19(30-22)12-15-7-10-17(27-2)13-18(15)28-3/h4-10,12-13H,1,11H2,2-3H3/b19-12-. The number of hydrogen-bond donors (Lipinski definition) is 0. The number of thiazole rings is 1. The molecular weight excluding hydrogens is 402 g/mol. The van der Waals surface area contributed by atoms with Gasteiger partial charge in [-0.1, -0.05) is 24.0 Å². The van der Waals surface area contributed by atoms with Crippen LogP contribution < -0.4 is 24.3 Å². The SMILES string of the molecule is C=CCOc1ccc(-c2nc3s/c(=C\c4ccc(OC)cc4OC)c(=O)n3n2)cc1. The van der Waals surface area contributed by atoms with E-state index >= 15 is 0 Å². The summed E-state index contributed by atoms with van der Waals surface area (Å²) < 4.78 is 17.9. The lowest BCUT2D eigenvalue weighted by Crippen LogP contribution is -2.23. The molecule has 2 aromatic carbocycles. The highest BCUT2D eigenvalue weighted by molar-refractivity contribution is 7.15. The van der Waals surface area contributed by atoms with Crippen LogP contribution in [0.15, 0.2) is 59.9 Å². The van der Waals surface area contributed by atoms with Crippen LogP contribution in [0.3, 0.4) is 0 Å². The minimum Gasteiger partial charge on any atom is -0.497 e. The maximum Gasteiger partial charge on any atom is 0.291 e. The van der Waals surface area contributed by atoms with Gasteiger partial charge < -0.3 is 14.2 Å². The van der Waals surface area contributed by atoms with E-state index in [1.54, 1.807) is 32.4 Å². The summed E-state index contributed by atoms with van der Waals surface area (Å²) in [6, 6.07) is 12.8. The minimum absolute atomic E-state index is 0.224. The monoisotopic (exact) mass is 421 g/mol. The summed E-state index contributed by atoms with van der Waals surface area (Å²) >= 11 is 1.28. The van der Waals surface area contributed by atoms with Crippen molar-refractivity contribution in [2.45, 2.75) is 0 Å². The topological polar surface area (TPSA) is 75.0 Å². The Bertz CT molecular complexity index is 1310. The van der Waals surface area contributed by atoms with Crippen LogP contribution in [-0.4, -0.2) is 35.4 Å². The van der Waals surface area contributed by atoms with Crippen molar-refractivity contribution in [1.29, 1.82) is 0 Å². The van der Waals surface area contributed by atoms with Crippen LogP contribution >= 0.6 is 11.3 Å². The summed E-state index contributed by atoms with van der Waals surface area (Å²) in [6.45, 7) is 4.07. The third-order valence-corrected chi connectivity index (χ3v) is 5.35. The molecule has 8 heteroatoms. The molecule has 7 nitrogen and oxygen atoms in total. The normalized spacial score (nSPS) is 11.6. The summed E-state index contributed by atoms with van der Waals surface area (Å²) in [5.41, 5.74) is 1.35. The van der Waals surface area contributed by atoms with E-state index in [1.807, 2.05) is 36.4 Å². The van der Waals surface area contributed by atoms with Gasteiger partial charge in [0.2, 0.25) is 4.96 Å². The molecule has 0 amide bonds. The Labute approximate surface area is 176 Å². The van der Waals surface area contributed by atoms with E-state index in [-0.39, 0.29) is 5.56 Å². The molecule has 0 spiro atoms. The summed E-state index contributed by atoms with van der Waals surface area (Å²) in [4.78, 5) is 17.9. The molecule has 0 N–H and O–H groups in total. The van der Waals surface area contributed by atoms with Crippen LogP contribution in [0.2, 0.25) is 0 Å². The first-order chi connectivity index (χ1) is 14.6. The number of fused-ring (bicyclic) bond motifs is 1. The summed E-state index contributed by atoms with van der Waals surface area (Å²) in [6.07, 6.45) is 3.46. The van der Waals surface area contributed by atoms with Gasteiger partial charge in [-0.05, 0) is 42.5 Å². The first-order valence-corrected chi connectivity index (χ1v) is 9.92. The molecule has 30 heavy (non-hydrogen) atoms. The van der Waals surface area contributed by atoms with Crippen molar-refractivity contribution < 1.29 is 14.2 Å². The Balaban J connectivity index is 1.68. The van der Waals surface area contributed by atoms with Gasteiger partial charge in [-0.25, -0.2) is 0 Å². The molecule has 152 valence electrons. The molecule has 0 atom stereocenters. The molecule has 0 aliphatic heterocycles. The molecule has 0 aliphatic rings. The fourth-order valence-electron chi connectivity index (χ4n) is 2.89. The zero-order valence-corrected chi connectivity index (χ0v) is 17.3. The second-order valence-corrected chi connectivity index (χ2v) is 7.29. The Morgan fingerprint density at radius 1 is 1.10 bits per heavy atom. The van der Waals surface area contributed by atoms with Gasteiger partial charge in [0.15, 0.2) is 5.82 Å². The Morgan fingerprint density at radius 3 is 2.53 bits per heavy atom. The lowest BCUT2D eigenvalue weighted by molar-refractivity contribution is 0.363. The highest BCUT2D eigenvalue weighted by Gasteiger charge is 2.13. The van der Waals surface area contributed by atoms with Crippen molar-refractivity contribution in [3.05, 3.63) is 75.6 Å². The number of hydrogen-bond acceptors (Lipinski definition) is 7. The number of nitrogens with zero attached hydrogens (tertiary/aromatic N) is 3. The van der Waals surface area contributed by atoms with Crippen molar-refractivity contribution in [3.63, 3.8) is 0 Å². The summed E-state index contributed by atoms with van der Waals surface area (Å²) in [5.74, 6) is 2.52. The Hall–Kier alpha value is -3.65. The molecule has 0 radical (unpaired) electrons. The zero-order chi connectivity index (χ0) is 21.1. The number of ether oxygens (including phenoxy) is 3. The third kappa shape index (κ3) is 3.77. The van der Waals surface area contributed by atoms with Gasteiger partial charge in [0.1, 0.15) is 23.9 Å². The predicted octanol–water partition coefficient (Wildman–Crippen LogP) is 2.95. The van der Waals surface area contributed by atoms with E-state index in [1.165, 1.54) is 15.9 Å². The Morgan fingerprint density at radius 2 is 1.87 bits per heavy atom. The molecule has 2 aromatic heterocycles. The van der Waals surface area contributed by atoms with Gasteiger partial charge in [-0.15, -0.1) is 5.10 Å². The highest BCUT2D eigenvalue weighted by atomic mass is 32.1. The van der Waals surface area contributed by atoms with Crippen molar-refractivity contribution in [2.75, 3.05) is 20.8 Å². The van der Waals surface area contributed by atoms with E-state index in [4.69, 9.17) is 14.2 Å². The average Bonchev–Trinajstić information content (AvgIpc) is 3.32. The van der Waals surface area contributed by atoms with Crippen molar-refractivity contribution in [2.24, 2.45) is 0 Å². The largest absolute Gasteiger partial charge is 0.497 e. The fourth-order valence-corrected chi connectivity index (χ4v) is 3.79. The third-order valence-electron chi connectivity index (χ3n) is 4.39. The second kappa shape index (κ2) is 8.38. The molecule has 0 unspecified atom stereocenters. The summed E-state index contributed by atoms with van der Waals surface area (Å²) in [7, 11) is 3.17.